The second kappa shape index (κ2) is 8.55. The lowest BCUT2D eigenvalue weighted by Gasteiger charge is -2.21. The number of rotatable bonds is 2. The maximum absolute atomic E-state index is 6.20. The number of allylic oxidation sites excluding steroid dienone is 1. The maximum Gasteiger partial charge on any atom is 0.229 e. The van der Waals surface area contributed by atoms with Crippen LogP contribution in [-0.2, 0) is 4.74 Å². The van der Waals surface area contributed by atoms with Crippen LogP contribution in [0.2, 0.25) is 5.02 Å². The Kier molecular flexibility index (Phi) is 6.16. The van der Waals surface area contributed by atoms with Gasteiger partial charge in [0, 0.05) is 12.5 Å². The summed E-state index contributed by atoms with van der Waals surface area (Å²) in [5.74, 6) is 1.28. The molecule has 142 valence electrons. The third kappa shape index (κ3) is 4.76. The summed E-state index contributed by atoms with van der Waals surface area (Å²) in [4.78, 5) is 13.5. The molecule has 0 amide bonds. The SMILES string of the molecule is CC(=NC1CCNCC1)C1=C(N)OCC[C@@H](C)Nc2nc(ncc2Cl)N1. The molecule has 1 saturated heterocycles. The molecular weight excluding hydrogens is 354 g/mol. The molecule has 26 heavy (non-hydrogen) atoms. The number of nitrogens with two attached hydrogens (primary N) is 1. The van der Waals surface area contributed by atoms with Gasteiger partial charge in [0.25, 0.3) is 0 Å². The van der Waals surface area contributed by atoms with Crippen molar-refractivity contribution < 1.29 is 4.74 Å². The van der Waals surface area contributed by atoms with Crippen molar-refractivity contribution in [3.63, 3.8) is 0 Å². The van der Waals surface area contributed by atoms with Crippen molar-refractivity contribution in [1.82, 2.24) is 15.3 Å². The van der Waals surface area contributed by atoms with Crippen LogP contribution in [0.15, 0.2) is 22.8 Å². The fraction of sp³-hybridized carbons (Fsp3) is 0.588. The molecule has 0 radical (unpaired) electrons. The molecule has 8 nitrogen and oxygen atoms in total. The van der Waals surface area contributed by atoms with Gasteiger partial charge in [0.1, 0.15) is 10.7 Å². The van der Waals surface area contributed by atoms with Gasteiger partial charge in [-0.25, -0.2) is 4.98 Å². The molecule has 1 aromatic rings. The molecule has 1 atom stereocenters. The highest BCUT2D eigenvalue weighted by Crippen LogP contribution is 2.23. The summed E-state index contributed by atoms with van der Waals surface area (Å²) >= 11 is 6.20. The number of anilines is 2. The van der Waals surface area contributed by atoms with E-state index in [0.717, 1.165) is 38.1 Å². The molecule has 0 aromatic carbocycles. The lowest BCUT2D eigenvalue weighted by atomic mass is 10.1. The zero-order valence-electron chi connectivity index (χ0n) is 15.2. The zero-order chi connectivity index (χ0) is 18.5. The number of fused-ring (bicyclic) bond motifs is 2. The van der Waals surface area contributed by atoms with Gasteiger partial charge in [-0.3, -0.25) is 4.99 Å². The number of ether oxygens (including phenoxy) is 1. The summed E-state index contributed by atoms with van der Waals surface area (Å²) in [7, 11) is 0. The zero-order valence-corrected chi connectivity index (χ0v) is 15.9. The van der Waals surface area contributed by atoms with E-state index < -0.39 is 0 Å². The molecule has 9 heteroatoms. The summed E-state index contributed by atoms with van der Waals surface area (Å²) < 4.78 is 5.75. The summed E-state index contributed by atoms with van der Waals surface area (Å²) in [5.41, 5.74) is 7.59. The van der Waals surface area contributed by atoms with E-state index in [9.17, 15) is 0 Å². The first kappa shape index (κ1) is 18.7. The molecule has 1 fully saturated rings. The van der Waals surface area contributed by atoms with Crippen molar-refractivity contribution in [2.75, 3.05) is 30.3 Å². The van der Waals surface area contributed by atoms with Crippen molar-refractivity contribution >= 4 is 29.1 Å². The number of hydrogen-bond acceptors (Lipinski definition) is 8. The van der Waals surface area contributed by atoms with E-state index in [0.29, 0.717) is 35.0 Å². The van der Waals surface area contributed by atoms with E-state index in [4.69, 9.17) is 27.1 Å². The molecule has 2 aliphatic heterocycles. The van der Waals surface area contributed by atoms with Gasteiger partial charge < -0.3 is 26.4 Å². The largest absolute Gasteiger partial charge is 0.478 e. The van der Waals surface area contributed by atoms with Crippen LogP contribution in [0.4, 0.5) is 11.8 Å². The summed E-state index contributed by atoms with van der Waals surface area (Å²) in [6, 6.07) is 0.411. The number of nitrogens with zero attached hydrogens (tertiary/aromatic N) is 3. The van der Waals surface area contributed by atoms with E-state index in [-0.39, 0.29) is 12.1 Å². The topological polar surface area (TPSA) is 109 Å². The Morgan fingerprint density at radius 2 is 2.12 bits per heavy atom. The monoisotopic (exact) mass is 379 g/mol. The van der Waals surface area contributed by atoms with E-state index in [1.165, 1.54) is 0 Å². The normalized spacial score (nSPS) is 22.7. The van der Waals surface area contributed by atoms with Crippen LogP contribution in [0.25, 0.3) is 0 Å². The van der Waals surface area contributed by atoms with Gasteiger partial charge >= 0.3 is 0 Å². The average Bonchev–Trinajstić information content (AvgIpc) is 2.64. The van der Waals surface area contributed by atoms with Gasteiger partial charge in [-0.05, 0) is 39.8 Å². The fourth-order valence-corrected chi connectivity index (χ4v) is 3.11. The Hall–Kier alpha value is -2.06. The van der Waals surface area contributed by atoms with Gasteiger partial charge in [0.2, 0.25) is 11.8 Å². The Morgan fingerprint density at radius 3 is 2.88 bits per heavy atom. The first-order valence-electron chi connectivity index (χ1n) is 8.97. The van der Waals surface area contributed by atoms with Crippen LogP contribution in [0.1, 0.15) is 33.1 Å². The summed E-state index contributed by atoms with van der Waals surface area (Å²) in [6.45, 7) is 6.41. The minimum Gasteiger partial charge on any atom is -0.478 e. The number of piperidine rings is 1. The molecule has 1 aromatic heterocycles. The molecule has 0 saturated carbocycles. The highest BCUT2D eigenvalue weighted by atomic mass is 35.5. The number of aliphatic imine (C=N–C) groups is 1. The Balaban J connectivity index is 1.91. The summed E-state index contributed by atoms with van der Waals surface area (Å²) in [5, 5.41) is 10.3. The molecule has 0 aliphatic carbocycles. The van der Waals surface area contributed by atoms with E-state index in [1.54, 1.807) is 6.20 Å². The molecular formula is C17H26ClN7O. The lowest BCUT2D eigenvalue weighted by molar-refractivity contribution is 0.200. The molecule has 0 spiro atoms. The molecule has 2 bridgehead atoms. The van der Waals surface area contributed by atoms with Crippen molar-refractivity contribution in [3.05, 3.63) is 22.8 Å². The minimum absolute atomic E-state index is 0.133. The van der Waals surface area contributed by atoms with E-state index in [1.807, 2.05) is 13.8 Å². The highest BCUT2D eigenvalue weighted by Gasteiger charge is 2.18. The first-order valence-corrected chi connectivity index (χ1v) is 9.35. The molecule has 3 rings (SSSR count). The van der Waals surface area contributed by atoms with Crippen LogP contribution in [0.5, 0.6) is 0 Å². The molecule has 5 N–H and O–H groups in total. The van der Waals surface area contributed by atoms with Crippen LogP contribution in [-0.4, -0.2) is 47.5 Å². The average molecular weight is 380 g/mol. The van der Waals surface area contributed by atoms with Crippen LogP contribution < -0.4 is 21.7 Å². The molecule has 2 aliphatic rings. The fourth-order valence-electron chi connectivity index (χ4n) is 2.97. The molecule has 3 heterocycles. The minimum atomic E-state index is 0.133. The third-order valence-electron chi connectivity index (χ3n) is 4.47. The smallest absolute Gasteiger partial charge is 0.229 e. The van der Waals surface area contributed by atoms with Crippen LogP contribution >= 0.6 is 11.6 Å². The standard InChI is InChI=1S/C17H26ClN7O/c1-10-5-8-26-15(19)14(11(2)23-12-3-6-20-7-4-12)24-17-21-9-13(18)16(22-10)25-17/h9-10,12,20H,3-8,19H2,1-2H3,(H2,21,22,24,25)/t10-/m1/s1. The highest BCUT2D eigenvalue weighted by molar-refractivity contribution is 6.32. The quantitative estimate of drug-likeness (QED) is 0.582. The lowest BCUT2D eigenvalue weighted by Crippen LogP contribution is -2.31. The van der Waals surface area contributed by atoms with Gasteiger partial charge in [-0.2, -0.15) is 4.98 Å². The van der Waals surface area contributed by atoms with Crippen molar-refractivity contribution in [1.29, 1.82) is 0 Å². The maximum atomic E-state index is 6.20. The number of aromatic nitrogens is 2. The Bertz CT molecular complexity index is 700. The first-order chi connectivity index (χ1) is 12.5. The van der Waals surface area contributed by atoms with E-state index in [2.05, 4.69) is 25.9 Å². The van der Waals surface area contributed by atoms with Gasteiger partial charge in [0.15, 0.2) is 5.82 Å². The number of halogens is 1. The predicted octanol–water partition coefficient (Wildman–Crippen LogP) is 2.10. The van der Waals surface area contributed by atoms with Gasteiger partial charge in [-0.1, -0.05) is 11.6 Å². The second-order valence-electron chi connectivity index (χ2n) is 6.63. The van der Waals surface area contributed by atoms with Gasteiger partial charge in [0.05, 0.1) is 24.6 Å². The van der Waals surface area contributed by atoms with Crippen molar-refractivity contribution in [3.8, 4) is 0 Å². The van der Waals surface area contributed by atoms with Crippen molar-refractivity contribution in [2.45, 2.75) is 45.2 Å². The number of nitrogens with one attached hydrogen (secondary N) is 3. The third-order valence-corrected chi connectivity index (χ3v) is 4.74. The summed E-state index contributed by atoms with van der Waals surface area (Å²) in [6.07, 6.45) is 4.34. The van der Waals surface area contributed by atoms with Gasteiger partial charge in [-0.15, -0.1) is 0 Å². The van der Waals surface area contributed by atoms with Crippen LogP contribution in [0.3, 0.4) is 0 Å². The Labute approximate surface area is 158 Å². The molecule has 0 unspecified atom stereocenters. The van der Waals surface area contributed by atoms with Crippen LogP contribution in [0, 0.1) is 0 Å². The number of hydrogen-bond donors (Lipinski definition) is 4. The Morgan fingerprint density at radius 1 is 1.35 bits per heavy atom. The van der Waals surface area contributed by atoms with E-state index >= 15 is 0 Å². The second-order valence-corrected chi connectivity index (χ2v) is 7.04. The van der Waals surface area contributed by atoms with Crippen molar-refractivity contribution in [2.24, 2.45) is 10.7 Å². The predicted molar refractivity (Wildman–Crippen MR) is 105 cm³/mol.